The Morgan fingerprint density at radius 1 is 1.42 bits per heavy atom. The predicted octanol–water partition coefficient (Wildman–Crippen LogP) is 3.27. The summed E-state index contributed by atoms with van der Waals surface area (Å²) in [6, 6.07) is 2.41. The first-order valence-electron chi connectivity index (χ1n) is 6.32. The van der Waals surface area contributed by atoms with E-state index in [1.54, 1.807) is 6.92 Å². The second-order valence-corrected chi connectivity index (χ2v) is 4.27. The normalized spacial score (nSPS) is 10.5. The zero-order valence-corrected chi connectivity index (χ0v) is 11.2. The first-order chi connectivity index (χ1) is 9.06. The van der Waals surface area contributed by atoms with Crippen LogP contribution in [0.2, 0.25) is 0 Å². The number of rotatable bonds is 8. The average Bonchev–Trinajstić information content (AvgIpc) is 2.37. The molecule has 0 unspecified atom stereocenters. The van der Waals surface area contributed by atoms with Crippen molar-refractivity contribution >= 4 is 11.4 Å². The topological polar surface area (TPSA) is 64.4 Å². The van der Waals surface area contributed by atoms with Crippen LogP contribution in [0.4, 0.5) is 15.8 Å². The van der Waals surface area contributed by atoms with Crippen LogP contribution in [-0.4, -0.2) is 24.7 Å². The molecule has 19 heavy (non-hydrogen) atoms. The summed E-state index contributed by atoms with van der Waals surface area (Å²) in [6.07, 6.45) is 1.71. The van der Waals surface area contributed by atoms with E-state index in [4.69, 9.17) is 4.74 Å². The lowest BCUT2D eigenvalue weighted by molar-refractivity contribution is -0.384. The standard InChI is InChI=1S/C13H19FN2O3/c1-3-6-19-7-4-5-15-12-8-10(2)11(14)9-13(12)16(17)18/h8-9,15H,3-7H2,1-2H3. The molecule has 1 rings (SSSR count). The van der Waals surface area contributed by atoms with E-state index in [-0.39, 0.29) is 5.69 Å². The van der Waals surface area contributed by atoms with Gasteiger partial charge >= 0.3 is 0 Å². The third-order valence-electron chi connectivity index (χ3n) is 2.60. The molecule has 0 heterocycles. The summed E-state index contributed by atoms with van der Waals surface area (Å²) in [5, 5.41) is 13.8. The van der Waals surface area contributed by atoms with E-state index >= 15 is 0 Å². The van der Waals surface area contributed by atoms with Gasteiger partial charge in [0.2, 0.25) is 0 Å². The summed E-state index contributed by atoms with van der Waals surface area (Å²) in [7, 11) is 0. The lowest BCUT2D eigenvalue weighted by Gasteiger charge is -2.09. The molecule has 0 radical (unpaired) electrons. The lowest BCUT2D eigenvalue weighted by atomic mass is 10.1. The summed E-state index contributed by atoms with van der Waals surface area (Å²) in [4.78, 5) is 10.2. The summed E-state index contributed by atoms with van der Waals surface area (Å²) < 4.78 is 18.6. The number of nitro benzene ring substituents is 1. The highest BCUT2D eigenvalue weighted by molar-refractivity contribution is 5.63. The Labute approximate surface area is 111 Å². The maximum atomic E-state index is 13.3. The zero-order chi connectivity index (χ0) is 14.3. The summed E-state index contributed by atoms with van der Waals surface area (Å²) >= 11 is 0. The van der Waals surface area contributed by atoms with Crippen LogP contribution in [0.1, 0.15) is 25.3 Å². The molecule has 0 aromatic heterocycles. The van der Waals surface area contributed by atoms with Crippen LogP contribution < -0.4 is 5.32 Å². The van der Waals surface area contributed by atoms with Gasteiger partial charge < -0.3 is 10.1 Å². The first-order valence-corrected chi connectivity index (χ1v) is 6.32. The molecule has 0 fully saturated rings. The monoisotopic (exact) mass is 270 g/mol. The first kappa shape index (κ1) is 15.4. The largest absolute Gasteiger partial charge is 0.381 e. The van der Waals surface area contributed by atoms with Crippen LogP contribution >= 0.6 is 0 Å². The Hall–Kier alpha value is -1.69. The van der Waals surface area contributed by atoms with Crippen molar-refractivity contribution in [3.05, 3.63) is 33.6 Å². The van der Waals surface area contributed by atoms with Crippen LogP contribution in [0.15, 0.2) is 12.1 Å². The van der Waals surface area contributed by atoms with Gasteiger partial charge in [-0.25, -0.2) is 4.39 Å². The second-order valence-electron chi connectivity index (χ2n) is 4.27. The molecule has 1 N–H and O–H groups in total. The number of nitro groups is 1. The molecule has 0 bridgehead atoms. The summed E-state index contributed by atoms with van der Waals surface area (Å²) in [5.41, 5.74) is 0.493. The number of hydrogen-bond acceptors (Lipinski definition) is 4. The van der Waals surface area contributed by atoms with Crippen molar-refractivity contribution in [3.63, 3.8) is 0 Å². The molecule has 1 aromatic carbocycles. The molecule has 0 spiro atoms. The SMILES string of the molecule is CCCOCCCNc1cc(C)c(F)cc1[N+](=O)[O-]. The fraction of sp³-hybridized carbons (Fsp3) is 0.538. The minimum atomic E-state index is -0.585. The highest BCUT2D eigenvalue weighted by Gasteiger charge is 2.16. The summed E-state index contributed by atoms with van der Waals surface area (Å²) in [6.45, 7) is 5.48. The molecule has 5 nitrogen and oxygen atoms in total. The Kier molecular flexibility index (Phi) is 6.21. The number of nitrogens with zero attached hydrogens (tertiary/aromatic N) is 1. The maximum absolute atomic E-state index is 13.3. The molecule has 6 heteroatoms. The van der Waals surface area contributed by atoms with Gasteiger partial charge in [0.1, 0.15) is 11.5 Å². The third-order valence-corrected chi connectivity index (χ3v) is 2.60. The van der Waals surface area contributed by atoms with E-state index in [2.05, 4.69) is 5.32 Å². The van der Waals surface area contributed by atoms with Crippen LogP contribution in [0, 0.1) is 22.9 Å². The molecule has 0 aliphatic heterocycles. The van der Waals surface area contributed by atoms with Crippen LogP contribution in [0.3, 0.4) is 0 Å². The van der Waals surface area contributed by atoms with Crippen LogP contribution in [0.5, 0.6) is 0 Å². The van der Waals surface area contributed by atoms with Gasteiger partial charge in [0.05, 0.1) is 11.0 Å². The number of halogens is 1. The van der Waals surface area contributed by atoms with Gasteiger partial charge in [0, 0.05) is 19.8 Å². The van der Waals surface area contributed by atoms with Crippen molar-refractivity contribution in [1.29, 1.82) is 0 Å². The minimum Gasteiger partial charge on any atom is -0.381 e. The molecule has 0 saturated heterocycles. The summed E-state index contributed by atoms with van der Waals surface area (Å²) in [5.74, 6) is -0.566. The van der Waals surface area contributed by atoms with Gasteiger partial charge in [-0.1, -0.05) is 6.92 Å². The smallest absolute Gasteiger partial charge is 0.295 e. The number of aryl methyl sites for hydroxylation is 1. The van der Waals surface area contributed by atoms with Crippen molar-refractivity contribution in [2.75, 3.05) is 25.1 Å². The number of nitrogens with one attached hydrogen (secondary N) is 1. The number of hydrogen-bond donors (Lipinski definition) is 1. The van der Waals surface area contributed by atoms with Crippen LogP contribution in [0.25, 0.3) is 0 Å². The molecule has 106 valence electrons. The highest BCUT2D eigenvalue weighted by Crippen LogP contribution is 2.27. The molecule has 0 atom stereocenters. The van der Waals surface area contributed by atoms with Gasteiger partial charge in [0.15, 0.2) is 0 Å². The maximum Gasteiger partial charge on any atom is 0.295 e. The van der Waals surface area contributed by atoms with E-state index < -0.39 is 10.7 Å². The Morgan fingerprint density at radius 2 is 2.16 bits per heavy atom. The van der Waals surface area contributed by atoms with Crippen molar-refractivity contribution in [3.8, 4) is 0 Å². The van der Waals surface area contributed by atoms with Gasteiger partial charge in [-0.2, -0.15) is 0 Å². The van der Waals surface area contributed by atoms with E-state index in [9.17, 15) is 14.5 Å². The molecular weight excluding hydrogens is 251 g/mol. The number of ether oxygens (including phenoxy) is 1. The highest BCUT2D eigenvalue weighted by atomic mass is 19.1. The Balaban J connectivity index is 2.57. The van der Waals surface area contributed by atoms with Crippen molar-refractivity contribution in [2.24, 2.45) is 0 Å². The van der Waals surface area contributed by atoms with Gasteiger partial charge in [-0.05, 0) is 31.4 Å². The Bertz CT molecular complexity index is 438. The molecule has 0 amide bonds. The van der Waals surface area contributed by atoms with Crippen molar-refractivity contribution in [2.45, 2.75) is 26.7 Å². The third kappa shape index (κ3) is 4.82. The Morgan fingerprint density at radius 3 is 2.79 bits per heavy atom. The van der Waals surface area contributed by atoms with E-state index in [1.165, 1.54) is 6.07 Å². The van der Waals surface area contributed by atoms with Gasteiger partial charge in [-0.3, -0.25) is 10.1 Å². The number of anilines is 1. The molecule has 1 aromatic rings. The predicted molar refractivity (Wildman–Crippen MR) is 72.0 cm³/mol. The van der Waals surface area contributed by atoms with Gasteiger partial charge in [-0.15, -0.1) is 0 Å². The van der Waals surface area contributed by atoms with Gasteiger partial charge in [0.25, 0.3) is 5.69 Å². The van der Waals surface area contributed by atoms with Crippen molar-refractivity contribution < 1.29 is 14.1 Å². The van der Waals surface area contributed by atoms with Crippen molar-refractivity contribution in [1.82, 2.24) is 0 Å². The van der Waals surface area contributed by atoms with Crippen LogP contribution in [-0.2, 0) is 4.74 Å². The molecule has 0 saturated carbocycles. The zero-order valence-electron chi connectivity index (χ0n) is 11.2. The quantitative estimate of drug-likeness (QED) is 0.447. The fourth-order valence-corrected chi connectivity index (χ4v) is 1.61. The number of benzene rings is 1. The van der Waals surface area contributed by atoms with E-state index in [0.717, 1.165) is 25.5 Å². The lowest BCUT2D eigenvalue weighted by Crippen LogP contribution is -2.08. The average molecular weight is 270 g/mol. The van der Waals surface area contributed by atoms with E-state index in [1.807, 2.05) is 6.92 Å². The second kappa shape index (κ2) is 7.68. The molecule has 0 aliphatic carbocycles. The molecular formula is C13H19FN2O3. The fourth-order valence-electron chi connectivity index (χ4n) is 1.61. The van der Waals surface area contributed by atoms with E-state index in [0.29, 0.717) is 24.4 Å². The molecule has 0 aliphatic rings. The minimum absolute atomic E-state index is 0.238.